The molecule has 0 aromatic rings. The highest BCUT2D eigenvalue weighted by atomic mass is 16.7. The van der Waals surface area contributed by atoms with Gasteiger partial charge < -0.3 is 9.57 Å². The molecule has 12 heavy (non-hydrogen) atoms. The molecule has 2 fully saturated rings. The van der Waals surface area contributed by atoms with E-state index in [9.17, 15) is 4.79 Å². The Balaban J connectivity index is 2.00. The number of ketones is 1. The quantitative estimate of drug-likeness (QED) is 0.514. The number of Topliss-reactive ketones (excluding diaryl/α,β-unsaturated/α-hetero) is 1. The molecule has 64 valence electrons. The van der Waals surface area contributed by atoms with E-state index in [-0.39, 0.29) is 30.0 Å². The first-order chi connectivity index (χ1) is 5.77. The van der Waals surface area contributed by atoms with Crippen molar-refractivity contribution in [1.82, 2.24) is 0 Å². The zero-order valence-electron chi connectivity index (χ0n) is 6.69. The number of carbonyl (C=O) groups is 1. The lowest BCUT2D eigenvalue weighted by molar-refractivity contribution is -0.123. The number of nitrogens with zero attached hydrogens (tertiary/aromatic N) is 1. The van der Waals surface area contributed by atoms with Crippen molar-refractivity contribution in [2.45, 2.75) is 31.7 Å². The van der Waals surface area contributed by atoms with Crippen molar-refractivity contribution in [3.63, 3.8) is 0 Å². The maximum Gasteiger partial charge on any atom is 0.165 e. The number of fused-ring (bicyclic) bond motifs is 5. The average molecular weight is 167 g/mol. The fourth-order valence-electron chi connectivity index (χ4n) is 2.30. The summed E-state index contributed by atoms with van der Waals surface area (Å²) >= 11 is 0. The standard InChI is InChI=1S/C8H9NO3/c1-3-6-7-4(10)2-5(11-7)8(6)12-9-3/h5-8H,2H2,1H3/t5-,6+,7+,8-/m0/s1. The van der Waals surface area contributed by atoms with Crippen LogP contribution in [0.2, 0.25) is 0 Å². The van der Waals surface area contributed by atoms with Gasteiger partial charge in [0, 0.05) is 6.42 Å². The van der Waals surface area contributed by atoms with Crippen LogP contribution in [0.3, 0.4) is 0 Å². The molecule has 4 atom stereocenters. The summed E-state index contributed by atoms with van der Waals surface area (Å²) in [7, 11) is 0. The van der Waals surface area contributed by atoms with Gasteiger partial charge >= 0.3 is 0 Å². The van der Waals surface area contributed by atoms with E-state index in [0.29, 0.717) is 6.42 Å². The third-order valence-corrected chi connectivity index (χ3v) is 2.89. The number of oxime groups is 1. The van der Waals surface area contributed by atoms with Gasteiger partial charge in [-0.15, -0.1) is 0 Å². The Bertz CT molecular complexity index is 286. The van der Waals surface area contributed by atoms with Gasteiger partial charge in [0.25, 0.3) is 0 Å². The molecule has 3 rings (SSSR count). The van der Waals surface area contributed by atoms with Gasteiger partial charge in [-0.3, -0.25) is 4.79 Å². The van der Waals surface area contributed by atoms with Crippen molar-refractivity contribution in [2.24, 2.45) is 11.1 Å². The molecule has 3 aliphatic rings. The predicted molar refractivity (Wildman–Crippen MR) is 39.8 cm³/mol. The lowest BCUT2D eigenvalue weighted by Crippen LogP contribution is -2.38. The molecule has 0 N–H and O–H groups in total. The molecule has 0 amide bonds. The molecule has 3 aliphatic heterocycles. The average Bonchev–Trinajstić information content (AvgIpc) is 2.62. The highest BCUT2D eigenvalue weighted by Crippen LogP contribution is 2.42. The lowest BCUT2D eigenvalue weighted by atomic mass is 9.83. The van der Waals surface area contributed by atoms with Crippen molar-refractivity contribution >= 4 is 11.5 Å². The van der Waals surface area contributed by atoms with Crippen LogP contribution < -0.4 is 0 Å². The SMILES string of the molecule is CC1=NO[C@@H]2[C@H]1[C@@H]1O[C@H]2CC1=O. The highest BCUT2D eigenvalue weighted by Gasteiger charge is 2.58. The summed E-state index contributed by atoms with van der Waals surface area (Å²) in [5.41, 5.74) is 0.903. The van der Waals surface area contributed by atoms with Crippen LogP contribution in [0.25, 0.3) is 0 Å². The fourth-order valence-corrected chi connectivity index (χ4v) is 2.30. The summed E-state index contributed by atoms with van der Waals surface area (Å²) in [4.78, 5) is 16.5. The second-order valence-electron chi connectivity index (χ2n) is 3.59. The number of hydrogen-bond donors (Lipinski definition) is 0. The Morgan fingerprint density at radius 1 is 1.58 bits per heavy atom. The van der Waals surface area contributed by atoms with E-state index in [1.54, 1.807) is 0 Å². The molecule has 0 unspecified atom stereocenters. The summed E-state index contributed by atoms with van der Waals surface area (Å²) < 4.78 is 5.47. The van der Waals surface area contributed by atoms with Crippen molar-refractivity contribution in [3.05, 3.63) is 0 Å². The third kappa shape index (κ3) is 0.579. The molecule has 2 bridgehead atoms. The number of ether oxygens (including phenoxy) is 1. The molecule has 0 aromatic carbocycles. The smallest absolute Gasteiger partial charge is 0.165 e. The minimum absolute atomic E-state index is 0.0210. The monoisotopic (exact) mass is 167 g/mol. The minimum atomic E-state index is -0.258. The second kappa shape index (κ2) is 1.88. The summed E-state index contributed by atoms with van der Waals surface area (Å²) in [5.74, 6) is 0.317. The van der Waals surface area contributed by atoms with Crippen LogP contribution in [0.4, 0.5) is 0 Å². The molecule has 0 spiro atoms. The van der Waals surface area contributed by atoms with Gasteiger partial charge in [0.15, 0.2) is 11.9 Å². The Morgan fingerprint density at radius 2 is 2.42 bits per heavy atom. The van der Waals surface area contributed by atoms with Gasteiger partial charge in [0.1, 0.15) is 12.2 Å². The van der Waals surface area contributed by atoms with E-state index in [2.05, 4.69) is 5.16 Å². The van der Waals surface area contributed by atoms with Crippen LogP contribution in [0.15, 0.2) is 5.16 Å². The summed E-state index contributed by atoms with van der Waals surface area (Å²) in [5, 5.41) is 3.88. The van der Waals surface area contributed by atoms with E-state index in [4.69, 9.17) is 9.57 Å². The molecule has 3 heterocycles. The van der Waals surface area contributed by atoms with Crippen LogP contribution in [-0.4, -0.2) is 29.8 Å². The van der Waals surface area contributed by atoms with E-state index < -0.39 is 0 Å². The fraction of sp³-hybridized carbons (Fsp3) is 0.750. The van der Waals surface area contributed by atoms with E-state index in [0.717, 1.165) is 5.71 Å². The van der Waals surface area contributed by atoms with Gasteiger partial charge in [-0.2, -0.15) is 0 Å². The molecular weight excluding hydrogens is 158 g/mol. The van der Waals surface area contributed by atoms with Crippen LogP contribution in [-0.2, 0) is 14.4 Å². The zero-order valence-corrected chi connectivity index (χ0v) is 6.69. The van der Waals surface area contributed by atoms with E-state index in [1.807, 2.05) is 6.92 Å². The van der Waals surface area contributed by atoms with Gasteiger partial charge in [0.2, 0.25) is 0 Å². The summed E-state index contributed by atoms with van der Waals surface area (Å²) in [6, 6.07) is 0. The largest absolute Gasteiger partial charge is 0.389 e. The molecule has 4 heteroatoms. The first kappa shape index (κ1) is 6.60. The number of hydrogen-bond acceptors (Lipinski definition) is 4. The van der Waals surface area contributed by atoms with E-state index >= 15 is 0 Å². The maximum absolute atomic E-state index is 11.3. The van der Waals surface area contributed by atoms with E-state index in [1.165, 1.54) is 0 Å². The van der Waals surface area contributed by atoms with Crippen LogP contribution in [0.5, 0.6) is 0 Å². The zero-order chi connectivity index (χ0) is 8.29. The van der Waals surface area contributed by atoms with Gasteiger partial charge in [-0.05, 0) is 6.92 Å². The summed E-state index contributed by atoms with van der Waals surface area (Å²) in [6.45, 7) is 1.89. The second-order valence-corrected chi connectivity index (χ2v) is 3.59. The number of carbonyl (C=O) groups excluding carboxylic acids is 1. The molecular formula is C8H9NO3. The van der Waals surface area contributed by atoms with Crippen molar-refractivity contribution < 1.29 is 14.4 Å². The van der Waals surface area contributed by atoms with Crippen LogP contribution in [0.1, 0.15) is 13.3 Å². The number of rotatable bonds is 0. The van der Waals surface area contributed by atoms with Gasteiger partial charge in [-0.1, -0.05) is 5.16 Å². The topological polar surface area (TPSA) is 47.9 Å². The van der Waals surface area contributed by atoms with Gasteiger partial charge in [0.05, 0.1) is 11.6 Å². The van der Waals surface area contributed by atoms with Crippen LogP contribution >= 0.6 is 0 Å². The third-order valence-electron chi connectivity index (χ3n) is 2.89. The Hall–Kier alpha value is -0.900. The molecule has 2 saturated heterocycles. The van der Waals surface area contributed by atoms with Crippen molar-refractivity contribution in [2.75, 3.05) is 0 Å². The molecule has 0 aromatic heterocycles. The molecule has 0 aliphatic carbocycles. The Kier molecular flexibility index (Phi) is 1.03. The minimum Gasteiger partial charge on any atom is -0.389 e. The normalized spacial score (nSPS) is 49.1. The molecule has 4 nitrogen and oxygen atoms in total. The molecule has 0 radical (unpaired) electrons. The van der Waals surface area contributed by atoms with Gasteiger partial charge in [-0.25, -0.2) is 0 Å². The highest BCUT2D eigenvalue weighted by molar-refractivity contribution is 5.97. The summed E-state index contributed by atoms with van der Waals surface area (Å²) in [6.07, 6.45) is 0.238. The first-order valence-electron chi connectivity index (χ1n) is 4.16. The first-order valence-corrected chi connectivity index (χ1v) is 4.16. The lowest BCUT2D eigenvalue weighted by Gasteiger charge is -2.17. The molecule has 0 saturated carbocycles. The Morgan fingerprint density at radius 3 is 3.25 bits per heavy atom. The Labute approximate surface area is 69.5 Å². The van der Waals surface area contributed by atoms with Crippen LogP contribution in [0, 0.1) is 5.92 Å². The van der Waals surface area contributed by atoms with Crippen molar-refractivity contribution in [3.8, 4) is 0 Å². The van der Waals surface area contributed by atoms with Crippen molar-refractivity contribution in [1.29, 1.82) is 0 Å². The maximum atomic E-state index is 11.3. The predicted octanol–water partition coefficient (Wildman–Crippen LogP) is 0.117.